The van der Waals surface area contributed by atoms with Gasteiger partial charge in [0.15, 0.2) is 0 Å². The van der Waals surface area contributed by atoms with Crippen LogP contribution in [0.4, 0.5) is 12.9 Å². The SMILES string of the molecule is CC1(C)CC(C[B-](F)(F)F)C1.[K+]. The molecule has 0 bridgehead atoms. The second-order valence-electron chi connectivity index (χ2n) is 4.38. The van der Waals surface area contributed by atoms with Gasteiger partial charge in [0.25, 0.3) is 0 Å². The Kier molecular flexibility index (Phi) is 4.88. The summed E-state index contributed by atoms with van der Waals surface area (Å²) in [6.07, 6.45) is 0.964. The molecule has 0 atom stereocenters. The average molecular weight is 204 g/mol. The Bertz CT molecular complexity index is 147. The van der Waals surface area contributed by atoms with Crippen molar-refractivity contribution in [3.05, 3.63) is 0 Å². The van der Waals surface area contributed by atoms with Gasteiger partial charge >= 0.3 is 58.4 Å². The summed E-state index contributed by atoms with van der Waals surface area (Å²) in [7, 11) is 0. The van der Waals surface area contributed by atoms with Crippen molar-refractivity contribution in [2.24, 2.45) is 11.3 Å². The van der Waals surface area contributed by atoms with Crippen LogP contribution in [-0.4, -0.2) is 6.98 Å². The van der Waals surface area contributed by atoms with Crippen LogP contribution < -0.4 is 51.4 Å². The zero-order valence-corrected chi connectivity index (χ0v) is 11.0. The van der Waals surface area contributed by atoms with E-state index in [1.807, 2.05) is 13.8 Å². The van der Waals surface area contributed by atoms with Crippen LogP contribution in [0, 0.1) is 11.3 Å². The van der Waals surface area contributed by atoms with Gasteiger partial charge in [-0.3, -0.25) is 0 Å². The minimum atomic E-state index is -4.54. The van der Waals surface area contributed by atoms with Gasteiger partial charge in [-0.1, -0.05) is 26.1 Å². The smallest absolute Gasteiger partial charge is 0.449 e. The third kappa shape index (κ3) is 4.65. The molecule has 1 fully saturated rings. The van der Waals surface area contributed by atoms with Crippen LogP contribution in [0.2, 0.25) is 6.32 Å². The number of hydrogen-bond donors (Lipinski definition) is 0. The van der Waals surface area contributed by atoms with E-state index < -0.39 is 13.3 Å². The van der Waals surface area contributed by atoms with E-state index in [0.717, 1.165) is 12.8 Å². The summed E-state index contributed by atoms with van der Waals surface area (Å²) in [5.41, 5.74) is 0.173. The van der Waals surface area contributed by atoms with Crippen molar-refractivity contribution in [3.8, 4) is 0 Å². The van der Waals surface area contributed by atoms with E-state index in [0.29, 0.717) is 0 Å². The minimum Gasteiger partial charge on any atom is -0.449 e. The van der Waals surface area contributed by atoms with Crippen LogP contribution in [0.1, 0.15) is 26.7 Å². The Balaban J connectivity index is 0.00000121. The Labute approximate surface area is 114 Å². The molecule has 1 aliphatic rings. The Morgan fingerprint density at radius 3 is 1.92 bits per heavy atom. The Morgan fingerprint density at radius 1 is 1.25 bits per heavy atom. The first-order valence-electron chi connectivity index (χ1n) is 3.99. The molecule has 1 rings (SSSR count). The molecule has 1 saturated carbocycles. The molecule has 0 radical (unpaired) electrons. The largest absolute Gasteiger partial charge is 1.00 e. The molecular weight excluding hydrogens is 191 g/mol. The molecule has 1 aliphatic carbocycles. The normalized spacial score (nSPS) is 22.8. The maximum Gasteiger partial charge on any atom is 1.00 e. The van der Waals surface area contributed by atoms with E-state index in [-0.39, 0.29) is 62.7 Å². The average Bonchev–Trinajstić information content (AvgIpc) is 1.53. The van der Waals surface area contributed by atoms with Gasteiger partial charge < -0.3 is 12.9 Å². The molecule has 0 aromatic heterocycles. The molecule has 0 spiro atoms. The molecule has 66 valence electrons. The maximum absolute atomic E-state index is 11.8. The maximum atomic E-state index is 11.8. The number of halogens is 3. The molecule has 5 heteroatoms. The summed E-state index contributed by atoms with van der Waals surface area (Å²) in [6, 6.07) is 0. The van der Waals surface area contributed by atoms with Crippen molar-refractivity contribution in [2.75, 3.05) is 0 Å². The quantitative estimate of drug-likeness (QED) is 0.566. The van der Waals surface area contributed by atoms with Crippen LogP contribution >= 0.6 is 0 Å². The summed E-state index contributed by atoms with van der Waals surface area (Å²) in [4.78, 5) is 0. The van der Waals surface area contributed by atoms with Crippen molar-refractivity contribution in [2.45, 2.75) is 33.0 Å². The van der Waals surface area contributed by atoms with Gasteiger partial charge in [0, 0.05) is 0 Å². The van der Waals surface area contributed by atoms with Crippen LogP contribution in [0.3, 0.4) is 0 Å². The van der Waals surface area contributed by atoms with Gasteiger partial charge in [0.05, 0.1) is 0 Å². The molecule has 0 unspecified atom stereocenters. The number of hydrogen-bond acceptors (Lipinski definition) is 0. The first-order valence-corrected chi connectivity index (χ1v) is 3.99. The fourth-order valence-electron chi connectivity index (χ4n) is 2.05. The van der Waals surface area contributed by atoms with Crippen LogP contribution in [0.15, 0.2) is 0 Å². The fourth-order valence-corrected chi connectivity index (χ4v) is 2.05. The first kappa shape index (κ1) is 13.5. The Hall–Kier alpha value is 1.49. The van der Waals surface area contributed by atoms with Gasteiger partial charge in [-0.15, -0.1) is 0 Å². The predicted molar refractivity (Wildman–Crippen MR) is 40.4 cm³/mol. The second-order valence-corrected chi connectivity index (χ2v) is 4.38. The Morgan fingerprint density at radius 2 is 1.67 bits per heavy atom. The summed E-state index contributed by atoms with van der Waals surface area (Å²) in [6.45, 7) is -0.499. The molecule has 0 saturated heterocycles. The topological polar surface area (TPSA) is 0 Å². The van der Waals surface area contributed by atoms with Crippen molar-refractivity contribution in [1.82, 2.24) is 0 Å². The van der Waals surface area contributed by atoms with E-state index in [4.69, 9.17) is 0 Å². The second kappa shape index (κ2) is 4.34. The predicted octanol–water partition coefficient (Wildman–Crippen LogP) is 0.274. The monoisotopic (exact) mass is 204 g/mol. The van der Waals surface area contributed by atoms with E-state index in [1.54, 1.807) is 0 Å². The molecule has 12 heavy (non-hydrogen) atoms. The van der Waals surface area contributed by atoms with Crippen molar-refractivity contribution in [1.29, 1.82) is 0 Å². The number of rotatable bonds is 2. The molecule has 0 aromatic rings. The van der Waals surface area contributed by atoms with Crippen LogP contribution in [0.5, 0.6) is 0 Å². The summed E-state index contributed by atoms with van der Waals surface area (Å²) in [5, 5.41) is 0. The third-order valence-corrected chi connectivity index (χ3v) is 2.28. The minimum absolute atomic E-state index is 0. The summed E-state index contributed by atoms with van der Waals surface area (Å²) < 4.78 is 35.5. The molecule has 0 aliphatic heterocycles. The van der Waals surface area contributed by atoms with Gasteiger partial charge in [-0.25, -0.2) is 0 Å². The fraction of sp³-hybridized carbons (Fsp3) is 1.00. The van der Waals surface area contributed by atoms with Gasteiger partial charge in [0.2, 0.25) is 0 Å². The molecular formula is C7H13BF3K. The molecule has 0 heterocycles. The van der Waals surface area contributed by atoms with Crippen LogP contribution in [-0.2, 0) is 0 Å². The van der Waals surface area contributed by atoms with Crippen molar-refractivity contribution < 1.29 is 64.3 Å². The molecule has 0 N–H and O–H groups in total. The summed E-state index contributed by atoms with van der Waals surface area (Å²) >= 11 is 0. The van der Waals surface area contributed by atoms with E-state index >= 15 is 0 Å². The van der Waals surface area contributed by atoms with Crippen molar-refractivity contribution >= 4 is 6.98 Å². The zero-order valence-electron chi connectivity index (χ0n) is 7.91. The standard InChI is InChI=1S/C7H13BF3.K/c1-7(2)3-6(4-7)5-8(9,10)11;/h6H,3-5H2,1-2H3;/q-1;+1. The van der Waals surface area contributed by atoms with Crippen LogP contribution in [0.25, 0.3) is 0 Å². The van der Waals surface area contributed by atoms with E-state index in [2.05, 4.69) is 0 Å². The van der Waals surface area contributed by atoms with Gasteiger partial charge in [-0.2, -0.15) is 0 Å². The first-order chi connectivity index (χ1) is 4.79. The molecule has 0 amide bonds. The summed E-state index contributed by atoms with van der Waals surface area (Å²) in [5.74, 6) is -0.0787. The van der Waals surface area contributed by atoms with Gasteiger partial charge in [0.1, 0.15) is 0 Å². The zero-order chi connectivity index (χ0) is 8.70. The van der Waals surface area contributed by atoms with Crippen molar-refractivity contribution in [3.63, 3.8) is 0 Å². The molecule has 0 nitrogen and oxygen atoms in total. The molecule has 0 aromatic carbocycles. The third-order valence-electron chi connectivity index (χ3n) is 2.28. The van der Waals surface area contributed by atoms with Gasteiger partial charge in [-0.05, 0) is 18.3 Å². The van der Waals surface area contributed by atoms with E-state index in [1.165, 1.54) is 0 Å². The van der Waals surface area contributed by atoms with E-state index in [9.17, 15) is 12.9 Å².